The van der Waals surface area contributed by atoms with Crippen LogP contribution < -0.4 is 16.4 Å². The van der Waals surface area contributed by atoms with Crippen LogP contribution in [0.3, 0.4) is 0 Å². The van der Waals surface area contributed by atoms with Crippen molar-refractivity contribution in [1.82, 2.24) is 19.9 Å². The van der Waals surface area contributed by atoms with Crippen LogP contribution in [0.4, 0.5) is 11.4 Å². The number of ether oxygens (including phenoxy) is 1. The first-order chi connectivity index (χ1) is 15.4. The Labute approximate surface area is 186 Å². The molecule has 1 aliphatic rings. The molecule has 9 heteroatoms. The van der Waals surface area contributed by atoms with Crippen LogP contribution >= 0.6 is 0 Å². The van der Waals surface area contributed by atoms with E-state index in [4.69, 9.17) is 16.2 Å². The monoisotopic (exact) mass is 435 g/mol. The molecule has 1 saturated heterocycles. The summed E-state index contributed by atoms with van der Waals surface area (Å²) in [5.74, 6) is -0.0351. The van der Waals surface area contributed by atoms with Gasteiger partial charge in [0.2, 0.25) is 0 Å². The van der Waals surface area contributed by atoms with E-state index in [0.717, 1.165) is 35.6 Å². The Morgan fingerprint density at radius 1 is 1.09 bits per heavy atom. The highest BCUT2D eigenvalue weighted by atomic mass is 16.5. The molecule has 0 saturated carbocycles. The lowest BCUT2D eigenvalue weighted by molar-refractivity contribution is -0.00523. The van der Waals surface area contributed by atoms with E-state index in [1.165, 1.54) is 6.33 Å². The van der Waals surface area contributed by atoms with Crippen molar-refractivity contribution >= 4 is 11.4 Å². The first kappa shape index (κ1) is 21.7. The number of anilines is 2. The average Bonchev–Trinajstić information content (AvgIpc) is 2.75. The maximum Gasteiger partial charge on any atom is 0.139 e. The van der Waals surface area contributed by atoms with Crippen LogP contribution in [0.5, 0.6) is 5.75 Å². The molecule has 3 heterocycles. The first-order valence-corrected chi connectivity index (χ1v) is 10.6. The maximum atomic E-state index is 10.5. The van der Waals surface area contributed by atoms with Gasteiger partial charge in [-0.3, -0.25) is 0 Å². The predicted molar refractivity (Wildman–Crippen MR) is 125 cm³/mol. The number of benzene rings is 1. The second kappa shape index (κ2) is 9.29. The summed E-state index contributed by atoms with van der Waals surface area (Å²) in [6.45, 7) is 5.67. The van der Waals surface area contributed by atoms with Crippen molar-refractivity contribution in [2.45, 2.75) is 32.1 Å². The number of nitrogens with one attached hydrogen (secondary N) is 2. The van der Waals surface area contributed by atoms with Gasteiger partial charge < -0.3 is 36.2 Å². The summed E-state index contributed by atoms with van der Waals surface area (Å²) in [6.07, 6.45) is 10.6. The number of nitrogens with two attached hydrogens (primary N) is 2. The molecule has 1 aromatic carbocycles. The number of aromatic hydroxyl groups is 1. The van der Waals surface area contributed by atoms with Gasteiger partial charge in [0.15, 0.2) is 0 Å². The topological polar surface area (TPSA) is 142 Å². The summed E-state index contributed by atoms with van der Waals surface area (Å²) < 4.78 is 5.87. The highest BCUT2D eigenvalue weighted by molar-refractivity contribution is 5.72. The molecule has 3 atom stereocenters. The number of nitrogens with zero attached hydrogens (tertiary/aromatic N) is 3. The molecular formula is C23H29N7O2. The summed E-state index contributed by atoms with van der Waals surface area (Å²) in [6, 6.07) is 4.85. The van der Waals surface area contributed by atoms with E-state index in [9.17, 15) is 5.11 Å². The van der Waals surface area contributed by atoms with Gasteiger partial charge in [-0.05, 0) is 37.6 Å². The summed E-state index contributed by atoms with van der Waals surface area (Å²) in [4.78, 5) is 16.8. The van der Waals surface area contributed by atoms with E-state index < -0.39 is 6.04 Å². The molecule has 2 aromatic heterocycles. The van der Waals surface area contributed by atoms with Crippen LogP contribution in [0.15, 0.2) is 55.5 Å². The van der Waals surface area contributed by atoms with Gasteiger partial charge in [-0.25, -0.2) is 9.97 Å². The number of nitrogen functional groups attached to an aromatic ring is 1. The molecule has 0 spiro atoms. The second-order valence-corrected chi connectivity index (χ2v) is 8.08. The third-order valence-corrected chi connectivity index (χ3v) is 5.50. The number of rotatable bonds is 4. The minimum atomic E-state index is -0.604. The van der Waals surface area contributed by atoms with Crippen molar-refractivity contribution in [3.05, 3.63) is 66.8 Å². The molecular weight excluding hydrogens is 406 g/mol. The molecule has 168 valence electrons. The van der Waals surface area contributed by atoms with E-state index in [0.29, 0.717) is 5.56 Å². The Morgan fingerprint density at radius 2 is 1.81 bits per heavy atom. The van der Waals surface area contributed by atoms with Crippen molar-refractivity contribution in [2.75, 3.05) is 23.7 Å². The van der Waals surface area contributed by atoms with E-state index in [1.54, 1.807) is 30.9 Å². The third kappa shape index (κ3) is 4.68. The van der Waals surface area contributed by atoms with E-state index in [1.807, 2.05) is 18.3 Å². The number of phenols is 1. The Balaban J connectivity index is 1.75. The summed E-state index contributed by atoms with van der Waals surface area (Å²) in [7, 11) is 0. The predicted octanol–water partition coefficient (Wildman–Crippen LogP) is 2.87. The highest BCUT2D eigenvalue weighted by Gasteiger charge is 2.23. The molecule has 1 fully saturated rings. The largest absolute Gasteiger partial charge is 0.506 e. The number of aromatic amines is 2. The van der Waals surface area contributed by atoms with Crippen molar-refractivity contribution in [3.8, 4) is 16.9 Å². The van der Waals surface area contributed by atoms with Gasteiger partial charge in [-0.1, -0.05) is 0 Å². The molecule has 0 aliphatic carbocycles. The van der Waals surface area contributed by atoms with E-state index in [-0.39, 0.29) is 23.6 Å². The van der Waals surface area contributed by atoms with Gasteiger partial charge in [-0.15, -0.1) is 0 Å². The van der Waals surface area contributed by atoms with Crippen LogP contribution in [0.25, 0.3) is 11.1 Å². The third-order valence-electron chi connectivity index (χ3n) is 5.50. The molecule has 32 heavy (non-hydrogen) atoms. The van der Waals surface area contributed by atoms with Crippen molar-refractivity contribution in [1.29, 1.82) is 0 Å². The molecule has 0 bridgehead atoms. The standard InChI is InChI=1S/C23H29N7O2/c1-14-11-30(12-15(2)32-14)18-7-20(29-4-3-26-10-18)22(24)19-5-16(6-21(31)23(19)25)17-8-27-13-28-9-17/h3-10,13-15,22,26,29,31H,11-12,24-25H2,1-2H3. The fraction of sp³-hybridized carbons (Fsp3) is 0.304. The quantitative estimate of drug-likeness (QED) is 0.313. The van der Waals surface area contributed by atoms with Crippen LogP contribution in [0.2, 0.25) is 0 Å². The van der Waals surface area contributed by atoms with Crippen LogP contribution in [-0.4, -0.2) is 50.3 Å². The zero-order valence-corrected chi connectivity index (χ0v) is 18.2. The minimum Gasteiger partial charge on any atom is -0.506 e. The van der Waals surface area contributed by atoms with Gasteiger partial charge in [0, 0.05) is 60.9 Å². The number of H-pyrrole nitrogens is 2. The average molecular weight is 436 g/mol. The molecule has 0 radical (unpaired) electrons. The molecule has 3 unspecified atom stereocenters. The Kier molecular flexibility index (Phi) is 6.29. The maximum absolute atomic E-state index is 10.5. The van der Waals surface area contributed by atoms with Gasteiger partial charge in [0.1, 0.15) is 12.1 Å². The fourth-order valence-electron chi connectivity index (χ4n) is 4.01. The fourth-order valence-corrected chi connectivity index (χ4v) is 4.01. The first-order valence-electron chi connectivity index (χ1n) is 10.6. The Hall–Kier alpha value is -3.56. The number of phenolic OH excluding ortho intramolecular Hbond substituents is 1. The van der Waals surface area contributed by atoms with E-state index in [2.05, 4.69) is 38.7 Å². The van der Waals surface area contributed by atoms with Gasteiger partial charge in [0.05, 0.1) is 29.6 Å². The Bertz CT molecular complexity index is 1100. The molecule has 4 rings (SSSR count). The van der Waals surface area contributed by atoms with Crippen LogP contribution in [0, 0.1) is 0 Å². The number of hydrogen-bond donors (Lipinski definition) is 5. The molecule has 3 aromatic rings. The Morgan fingerprint density at radius 3 is 2.53 bits per heavy atom. The lowest BCUT2D eigenvalue weighted by Crippen LogP contribution is -2.45. The molecule has 7 N–H and O–H groups in total. The zero-order chi connectivity index (χ0) is 22.7. The molecule has 1 aliphatic heterocycles. The minimum absolute atomic E-state index is 0.0351. The number of aromatic nitrogens is 4. The van der Waals surface area contributed by atoms with Gasteiger partial charge >= 0.3 is 0 Å². The number of hydrogen-bond acceptors (Lipinski definition) is 7. The van der Waals surface area contributed by atoms with Crippen LogP contribution in [-0.2, 0) is 4.74 Å². The van der Waals surface area contributed by atoms with E-state index >= 15 is 0 Å². The smallest absolute Gasteiger partial charge is 0.139 e. The van der Waals surface area contributed by atoms with Gasteiger partial charge in [-0.2, -0.15) is 0 Å². The second-order valence-electron chi connectivity index (χ2n) is 8.08. The normalized spacial score (nSPS) is 19.4. The van der Waals surface area contributed by atoms with Crippen molar-refractivity contribution in [3.63, 3.8) is 0 Å². The lowest BCUT2D eigenvalue weighted by Gasteiger charge is -2.36. The van der Waals surface area contributed by atoms with Crippen molar-refractivity contribution in [2.24, 2.45) is 5.73 Å². The summed E-state index contributed by atoms with van der Waals surface area (Å²) >= 11 is 0. The van der Waals surface area contributed by atoms with Crippen LogP contribution in [0.1, 0.15) is 31.1 Å². The molecule has 0 amide bonds. The summed E-state index contributed by atoms with van der Waals surface area (Å²) in [5.41, 5.74) is 17.0. The zero-order valence-electron chi connectivity index (χ0n) is 18.2. The van der Waals surface area contributed by atoms with Gasteiger partial charge in [0.25, 0.3) is 0 Å². The molecule has 9 nitrogen and oxygen atoms in total. The lowest BCUT2D eigenvalue weighted by atomic mass is 9.96. The highest BCUT2D eigenvalue weighted by Crippen LogP contribution is 2.36. The number of morpholine rings is 1. The SMILES string of the molecule is CC1CN(c2c[nH]cc[nH]c(C(N)c3cc(-c4cncnc4)cc(O)c3N)c2)CC(C)O1. The van der Waals surface area contributed by atoms with Crippen molar-refractivity contribution < 1.29 is 9.84 Å². The summed E-state index contributed by atoms with van der Waals surface area (Å²) in [5, 5.41) is 10.5.